The molecule has 2 N–H and O–H groups in total. The standard InChI is InChI=1S/C22H31N3O3.ClH/c1-16-13-20(17(2)25(16)18-5-7-19(28-4)8-6-18)21(26)24-14-22(15-27-3)9-11-23-12-10-22;/h5-8,13,23H,9-12,14-15H2,1-4H3,(H,24,26);1H. The van der Waals surface area contributed by atoms with Crippen LogP contribution in [0.25, 0.3) is 5.69 Å². The van der Waals surface area contributed by atoms with E-state index in [0.717, 1.165) is 54.3 Å². The zero-order chi connectivity index (χ0) is 20.1. The van der Waals surface area contributed by atoms with Gasteiger partial charge in [-0.3, -0.25) is 4.79 Å². The molecule has 1 amide bonds. The minimum absolute atomic E-state index is 0. The van der Waals surface area contributed by atoms with Crippen LogP contribution in [0, 0.1) is 19.3 Å². The summed E-state index contributed by atoms with van der Waals surface area (Å²) < 4.78 is 12.8. The number of rotatable bonds is 7. The molecule has 0 spiro atoms. The Kier molecular flexibility index (Phi) is 8.14. The van der Waals surface area contributed by atoms with Crippen molar-refractivity contribution in [3.05, 3.63) is 47.3 Å². The third kappa shape index (κ3) is 5.13. The molecule has 1 aliphatic rings. The molecule has 1 aromatic heterocycles. The normalized spacial score (nSPS) is 15.4. The van der Waals surface area contributed by atoms with Crippen LogP contribution in [0.1, 0.15) is 34.6 Å². The number of hydrogen-bond acceptors (Lipinski definition) is 4. The predicted octanol–water partition coefficient (Wildman–Crippen LogP) is 3.27. The van der Waals surface area contributed by atoms with E-state index in [2.05, 4.69) is 15.2 Å². The van der Waals surface area contributed by atoms with Crippen LogP contribution in [0.4, 0.5) is 0 Å². The molecule has 1 saturated heterocycles. The lowest BCUT2D eigenvalue weighted by Crippen LogP contribution is -2.47. The molecule has 29 heavy (non-hydrogen) atoms. The maximum atomic E-state index is 13.0. The highest BCUT2D eigenvalue weighted by atomic mass is 35.5. The molecular weight excluding hydrogens is 390 g/mol. The number of aromatic nitrogens is 1. The van der Waals surface area contributed by atoms with Crippen molar-refractivity contribution in [1.29, 1.82) is 0 Å². The van der Waals surface area contributed by atoms with Gasteiger partial charge in [0.25, 0.3) is 5.91 Å². The van der Waals surface area contributed by atoms with Gasteiger partial charge in [-0.15, -0.1) is 12.4 Å². The van der Waals surface area contributed by atoms with Crippen molar-refractivity contribution in [3.8, 4) is 11.4 Å². The van der Waals surface area contributed by atoms with Gasteiger partial charge in [-0.2, -0.15) is 0 Å². The van der Waals surface area contributed by atoms with E-state index >= 15 is 0 Å². The SMILES string of the molecule is COCC1(CNC(=O)c2cc(C)n(-c3ccc(OC)cc3)c2C)CCNCC1.Cl. The van der Waals surface area contributed by atoms with Gasteiger partial charge >= 0.3 is 0 Å². The quantitative estimate of drug-likeness (QED) is 0.720. The fraction of sp³-hybridized carbons (Fsp3) is 0.500. The molecule has 1 aliphatic heterocycles. The number of benzene rings is 1. The monoisotopic (exact) mass is 421 g/mol. The fourth-order valence-electron chi connectivity index (χ4n) is 4.12. The van der Waals surface area contributed by atoms with Crippen LogP contribution >= 0.6 is 12.4 Å². The average Bonchev–Trinajstić information content (AvgIpc) is 3.01. The van der Waals surface area contributed by atoms with Gasteiger partial charge in [-0.25, -0.2) is 0 Å². The maximum absolute atomic E-state index is 13.0. The Hall–Kier alpha value is -2.02. The number of amides is 1. The second-order valence-electron chi connectivity index (χ2n) is 7.68. The van der Waals surface area contributed by atoms with E-state index < -0.39 is 0 Å². The van der Waals surface area contributed by atoms with Crippen molar-refractivity contribution < 1.29 is 14.3 Å². The molecule has 0 atom stereocenters. The van der Waals surface area contributed by atoms with Crippen molar-refractivity contribution in [3.63, 3.8) is 0 Å². The molecule has 1 aromatic carbocycles. The molecule has 2 heterocycles. The number of aryl methyl sites for hydroxylation is 1. The summed E-state index contributed by atoms with van der Waals surface area (Å²) in [4.78, 5) is 13.0. The van der Waals surface area contributed by atoms with E-state index in [9.17, 15) is 4.79 Å². The summed E-state index contributed by atoms with van der Waals surface area (Å²) in [6.07, 6.45) is 2.01. The van der Waals surface area contributed by atoms with Gasteiger partial charge in [0.05, 0.1) is 19.3 Å². The van der Waals surface area contributed by atoms with Crippen molar-refractivity contribution in [2.75, 3.05) is 40.5 Å². The first-order chi connectivity index (χ1) is 13.5. The van der Waals surface area contributed by atoms with Crippen LogP contribution in [-0.4, -0.2) is 50.9 Å². The average molecular weight is 422 g/mol. The first-order valence-corrected chi connectivity index (χ1v) is 9.81. The largest absolute Gasteiger partial charge is 0.497 e. The zero-order valence-electron chi connectivity index (χ0n) is 17.7. The van der Waals surface area contributed by atoms with Gasteiger partial charge in [-0.05, 0) is 70.1 Å². The number of carbonyl (C=O) groups excluding carboxylic acids is 1. The Morgan fingerprint density at radius 3 is 2.41 bits per heavy atom. The Morgan fingerprint density at radius 1 is 1.17 bits per heavy atom. The molecule has 0 radical (unpaired) electrons. The second-order valence-corrected chi connectivity index (χ2v) is 7.68. The third-order valence-corrected chi connectivity index (χ3v) is 5.75. The number of ether oxygens (including phenoxy) is 2. The van der Waals surface area contributed by atoms with Crippen LogP contribution in [0.3, 0.4) is 0 Å². The highest BCUT2D eigenvalue weighted by Gasteiger charge is 2.33. The minimum Gasteiger partial charge on any atom is -0.497 e. The van der Waals surface area contributed by atoms with E-state index in [4.69, 9.17) is 9.47 Å². The Balaban J connectivity index is 0.00000300. The predicted molar refractivity (Wildman–Crippen MR) is 118 cm³/mol. The molecule has 6 nitrogen and oxygen atoms in total. The van der Waals surface area contributed by atoms with Crippen molar-refractivity contribution in [1.82, 2.24) is 15.2 Å². The van der Waals surface area contributed by atoms with E-state index in [1.165, 1.54) is 0 Å². The number of halogens is 1. The summed E-state index contributed by atoms with van der Waals surface area (Å²) >= 11 is 0. The fourth-order valence-corrected chi connectivity index (χ4v) is 4.12. The Labute approximate surface area is 179 Å². The highest BCUT2D eigenvalue weighted by Crippen LogP contribution is 2.29. The van der Waals surface area contributed by atoms with Crippen LogP contribution in [0.15, 0.2) is 30.3 Å². The number of hydrogen-bond donors (Lipinski definition) is 2. The van der Waals surface area contributed by atoms with Crippen molar-refractivity contribution in [2.24, 2.45) is 5.41 Å². The first-order valence-electron chi connectivity index (χ1n) is 9.81. The maximum Gasteiger partial charge on any atom is 0.253 e. The lowest BCUT2D eigenvalue weighted by Gasteiger charge is -2.37. The molecule has 7 heteroatoms. The van der Waals surface area contributed by atoms with Crippen LogP contribution in [-0.2, 0) is 4.74 Å². The van der Waals surface area contributed by atoms with Gasteiger partial charge in [0.1, 0.15) is 5.75 Å². The molecule has 160 valence electrons. The van der Waals surface area contributed by atoms with Crippen LogP contribution in [0.5, 0.6) is 5.75 Å². The summed E-state index contributed by atoms with van der Waals surface area (Å²) in [5.74, 6) is 0.788. The summed E-state index contributed by atoms with van der Waals surface area (Å²) in [5, 5.41) is 6.55. The molecule has 2 aromatic rings. The minimum atomic E-state index is -0.0260. The van der Waals surface area contributed by atoms with Gasteiger partial charge < -0.3 is 24.7 Å². The Morgan fingerprint density at radius 2 is 1.83 bits per heavy atom. The first kappa shape index (κ1) is 23.3. The van der Waals surface area contributed by atoms with Crippen LogP contribution < -0.4 is 15.4 Å². The summed E-state index contributed by atoms with van der Waals surface area (Å²) in [5.41, 5.74) is 3.71. The van der Waals surface area contributed by atoms with E-state index in [-0.39, 0.29) is 23.7 Å². The zero-order valence-corrected chi connectivity index (χ0v) is 18.5. The molecule has 0 bridgehead atoms. The smallest absolute Gasteiger partial charge is 0.253 e. The molecule has 0 unspecified atom stereocenters. The number of nitrogens with one attached hydrogen (secondary N) is 2. The second kappa shape index (κ2) is 10.1. The topological polar surface area (TPSA) is 64.5 Å². The summed E-state index contributed by atoms with van der Waals surface area (Å²) in [7, 11) is 3.39. The van der Waals surface area contributed by atoms with Gasteiger partial charge in [-0.1, -0.05) is 0 Å². The van der Waals surface area contributed by atoms with Gasteiger partial charge in [0, 0.05) is 36.1 Å². The number of carbonyl (C=O) groups is 1. The third-order valence-electron chi connectivity index (χ3n) is 5.75. The lowest BCUT2D eigenvalue weighted by atomic mass is 9.79. The molecule has 1 fully saturated rings. The molecule has 0 saturated carbocycles. The number of piperidine rings is 1. The lowest BCUT2D eigenvalue weighted by molar-refractivity contribution is 0.0511. The van der Waals surface area contributed by atoms with Gasteiger partial charge in [0.15, 0.2) is 0 Å². The van der Waals surface area contributed by atoms with E-state index in [1.54, 1.807) is 14.2 Å². The van der Waals surface area contributed by atoms with Crippen molar-refractivity contribution in [2.45, 2.75) is 26.7 Å². The van der Waals surface area contributed by atoms with E-state index in [0.29, 0.717) is 13.2 Å². The number of nitrogens with zero attached hydrogens (tertiary/aromatic N) is 1. The van der Waals surface area contributed by atoms with Crippen molar-refractivity contribution >= 4 is 18.3 Å². The molecule has 0 aliphatic carbocycles. The molecular formula is C22H32ClN3O3. The van der Waals surface area contributed by atoms with Gasteiger partial charge in [0.2, 0.25) is 0 Å². The summed E-state index contributed by atoms with van der Waals surface area (Å²) in [6.45, 7) is 7.23. The Bertz CT molecular complexity index is 806. The van der Waals surface area contributed by atoms with Crippen LogP contribution in [0.2, 0.25) is 0 Å². The summed E-state index contributed by atoms with van der Waals surface area (Å²) in [6, 6.07) is 9.83. The number of methoxy groups -OCH3 is 2. The van der Waals surface area contributed by atoms with E-state index in [1.807, 2.05) is 44.2 Å². The molecule has 3 rings (SSSR count). The highest BCUT2D eigenvalue weighted by molar-refractivity contribution is 5.96.